The second-order valence-electron chi connectivity index (χ2n) is 5.85. The van der Waals surface area contributed by atoms with Gasteiger partial charge in [-0.05, 0) is 50.2 Å². The monoisotopic (exact) mass is 332 g/mol. The molecule has 4 aromatic rings. The molecule has 0 aliphatic rings. The quantitative estimate of drug-likeness (QED) is 0.521. The highest BCUT2D eigenvalue weighted by atomic mass is 16.2. The highest BCUT2D eigenvalue weighted by molar-refractivity contribution is 6.01. The van der Waals surface area contributed by atoms with Gasteiger partial charge in [0.1, 0.15) is 0 Å². The first-order chi connectivity index (χ1) is 12.1. The summed E-state index contributed by atoms with van der Waals surface area (Å²) in [6.45, 7) is 3.85. The molecule has 2 aromatic heterocycles. The van der Waals surface area contributed by atoms with E-state index in [2.05, 4.69) is 30.8 Å². The van der Waals surface area contributed by atoms with Crippen molar-refractivity contribution >= 4 is 39.3 Å². The van der Waals surface area contributed by atoms with Crippen LogP contribution in [-0.2, 0) is 0 Å². The number of fused-ring (bicyclic) bond motifs is 2. The lowest BCUT2D eigenvalue weighted by molar-refractivity contribution is 0.262. The van der Waals surface area contributed by atoms with Gasteiger partial charge in [0.2, 0.25) is 0 Å². The third kappa shape index (κ3) is 2.99. The summed E-state index contributed by atoms with van der Waals surface area (Å²) in [7, 11) is 0. The molecule has 0 bridgehead atoms. The van der Waals surface area contributed by atoms with Crippen LogP contribution in [-0.4, -0.2) is 26.2 Å². The zero-order valence-electron chi connectivity index (χ0n) is 13.8. The largest absolute Gasteiger partial charge is 0.323 e. The summed E-state index contributed by atoms with van der Waals surface area (Å²) in [5.41, 5.74) is 5.54. The van der Waals surface area contributed by atoms with Gasteiger partial charge < -0.3 is 10.6 Å². The number of aromatic nitrogens is 4. The standard InChI is InChI=1S/C18H16N6O/c1-10-11(2)21-17-8-14(5-6-15(17)20-10)23-18(25)22-13-4-3-12-9-19-24-16(12)7-13/h3-9H,1-2H3,(H,19,24)(H2,22,23,25). The van der Waals surface area contributed by atoms with Crippen LogP contribution in [0.25, 0.3) is 21.9 Å². The normalized spacial score (nSPS) is 11.0. The predicted molar refractivity (Wildman–Crippen MR) is 97.7 cm³/mol. The molecule has 7 heteroatoms. The maximum absolute atomic E-state index is 12.2. The lowest BCUT2D eigenvalue weighted by atomic mass is 10.2. The van der Waals surface area contributed by atoms with Gasteiger partial charge in [0.05, 0.1) is 34.1 Å². The number of benzene rings is 2. The van der Waals surface area contributed by atoms with Crippen LogP contribution >= 0.6 is 0 Å². The number of carbonyl (C=O) groups is 1. The second kappa shape index (κ2) is 5.86. The fraction of sp³-hybridized carbons (Fsp3) is 0.111. The van der Waals surface area contributed by atoms with Crippen LogP contribution in [0.3, 0.4) is 0 Å². The third-order valence-corrected chi connectivity index (χ3v) is 4.03. The van der Waals surface area contributed by atoms with Crippen molar-refractivity contribution in [1.82, 2.24) is 20.2 Å². The molecule has 25 heavy (non-hydrogen) atoms. The van der Waals surface area contributed by atoms with Crippen molar-refractivity contribution in [2.24, 2.45) is 0 Å². The summed E-state index contributed by atoms with van der Waals surface area (Å²) in [4.78, 5) is 21.2. The van der Waals surface area contributed by atoms with E-state index in [0.29, 0.717) is 11.4 Å². The molecule has 0 aliphatic carbocycles. The van der Waals surface area contributed by atoms with E-state index in [-0.39, 0.29) is 6.03 Å². The van der Waals surface area contributed by atoms with Gasteiger partial charge in [-0.15, -0.1) is 0 Å². The molecule has 2 heterocycles. The Balaban J connectivity index is 1.53. The smallest absolute Gasteiger partial charge is 0.308 e. The minimum Gasteiger partial charge on any atom is -0.308 e. The molecule has 7 nitrogen and oxygen atoms in total. The van der Waals surface area contributed by atoms with Crippen LogP contribution in [0.4, 0.5) is 16.2 Å². The highest BCUT2D eigenvalue weighted by Crippen LogP contribution is 2.19. The van der Waals surface area contributed by atoms with Crippen LogP contribution in [0, 0.1) is 13.8 Å². The summed E-state index contributed by atoms with van der Waals surface area (Å²) >= 11 is 0. The number of rotatable bonds is 2. The molecular formula is C18H16N6O. The number of urea groups is 1. The zero-order valence-corrected chi connectivity index (χ0v) is 13.8. The summed E-state index contributed by atoms with van der Waals surface area (Å²) in [5.74, 6) is 0. The first kappa shape index (κ1) is 15.1. The van der Waals surface area contributed by atoms with E-state index in [4.69, 9.17) is 0 Å². The Bertz CT molecular complexity index is 1100. The number of H-pyrrole nitrogens is 1. The molecular weight excluding hydrogens is 316 g/mol. The van der Waals surface area contributed by atoms with Crippen LogP contribution in [0.15, 0.2) is 42.6 Å². The van der Waals surface area contributed by atoms with Crippen molar-refractivity contribution in [3.05, 3.63) is 54.0 Å². The number of amides is 2. The molecule has 0 aliphatic heterocycles. The number of nitrogens with one attached hydrogen (secondary N) is 3. The van der Waals surface area contributed by atoms with Gasteiger partial charge >= 0.3 is 6.03 Å². The molecule has 2 aromatic carbocycles. The Morgan fingerprint density at radius 2 is 1.60 bits per heavy atom. The van der Waals surface area contributed by atoms with E-state index >= 15 is 0 Å². The van der Waals surface area contributed by atoms with Gasteiger partial charge in [0, 0.05) is 16.8 Å². The Morgan fingerprint density at radius 3 is 2.40 bits per heavy atom. The van der Waals surface area contributed by atoms with Crippen molar-refractivity contribution in [2.45, 2.75) is 13.8 Å². The fourth-order valence-corrected chi connectivity index (χ4v) is 2.62. The predicted octanol–water partition coefficient (Wildman–Crippen LogP) is 3.77. The summed E-state index contributed by atoms with van der Waals surface area (Å²) in [6.07, 6.45) is 1.74. The van der Waals surface area contributed by atoms with Crippen molar-refractivity contribution in [3.8, 4) is 0 Å². The molecule has 2 amide bonds. The minimum absolute atomic E-state index is 0.324. The van der Waals surface area contributed by atoms with Gasteiger partial charge in [-0.3, -0.25) is 5.10 Å². The maximum atomic E-state index is 12.2. The van der Waals surface area contributed by atoms with Crippen LogP contribution in [0.2, 0.25) is 0 Å². The van der Waals surface area contributed by atoms with Crippen LogP contribution in [0.1, 0.15) is 11.4 Å². The maximum Gasteiger partial charge on any atom is 0.323 e. The lowest BCUT2D eigenvalue weighted by Crippen LogP contribution is -2.19. The molecule has 0 atom stereocenters. The van der Waals surface area contributed by atoms with Crippen molar-refractivity contribution in [3.63, 3.8) is 0 Å². The fourth-order valence-electron chi connectivity index (χ4n) is 2.62. The number of hydrogen-bond acceptors (Lipinski definition) is 4. The first-order valence-electron chi connectivity index (χ1n) is 7.85. The third-order valence-electron chi connectivity index (χ3n) is 4.03. The molecule has 4 rings (SSSR count). The molecule has 0 spiro atoms. The highest BCUT2D eigenvalue weighted by Gasteiger charge is 2.07. The lowest BCUT2D eigenvalue weighted by Gasteiger charge is -2.09. The van der Waals surface area contributed by atoms with E-state index in [1.165, 1.54) is 0 Å². The number of aryl methyl sites for hydroxylation is 2. The average molecular weight is 332 g/mol. The van der Waals surface area contributed by atoms with Gasteiger partial charge in [0.25, 0.3) is 0 Å². The van der Waals surface area contributed by atoms with Gasteiger partial charge in [-0.25, -0.2) is 14.8 Å². The number of anilines is 2. The first-order valence-corrected chi connectivity index (χ1v) is 7.85. The SMILES string of the molecule is Cc1nc2ccc(NC(=O)Nc3ccc4cn[nH]c4c3)cc2nc1C. The second-order valence-corrected chi connectivity index (χ2v) is 5.85. The molecule has 0 radical (unpaired) electrons. The van der Waals surface area contributed by atoms with E-state index in [1.54, 1.807) is 6.20 Å². The summed E-state index contributed by atoms with van der Waals surface area (Å²) < 4.78 is 0. The molecule has 0 fully saturated rings. The molecule has 0 unspecified atom stereocenters. The van der Waals surface area contributed by atoms with E-state index in [9.17, 15) is 4.79 Å². The molecule has 0 saturated carbocycles. The Labute approximate surface area is 143 Å². The number of carbonyl (C=O) groups excluding carboxylic acids is 1. The van der Waals surface area contributed by atoms with Crippen molar-refractivity contribution < 1.29 is 4.79 Å². The van der Waals surface area contributed by atoms with Gasteiger partial charge in [-0.2, -0.15) is 5.10 Å². The Morgan fingerprint density at radius 1 is 0.920 bits per heavy atom. The van der Waals surface area contributed by atoms with Gasteiger partial charge in [0.15, 0.2) is 0 Å². The van der Waals surface area contributed by atoms with E-state index in [0.717, 1.165) is 33.3 Å². The average Bonchev–Trinajstić information content (AvgIpc) is 3.04. The number of hydrogen-bond donors (Lipinski definition) is 3. The summed E-state index contributed by atoms with van der Waals surface area (Å²) in [6, 6.07) is 10.7. The summed E-state index contributed by atoms with van der Waals surface area (Å²) in [5, 5.41) is 13.5. The van der Waals surface area contributed by atoms with E-state index < -0.39 is 0 Å². The van der Waals surface area contributed by atoms with Gasteiger partial charge in [-0.1, -0.05) is 0 Å². The van der Waals surface area contributed by atoms with Crippen molar-refractivity contribution in [2.75, 3.05) is 10.6 Å². The van der Waals surface area contributed by atoms with Crippen LogP contribution < -0.4 is 10.6 Å². The molecule has 3 N–H and O–H groups in total. The van der Waals surface area contributed by atoms with E-state index in [1.807, 2.05) is 50.2 Å². The zero-order chi connectivity index (χ0) is 17.4. The molecule has 0 saturated heterocycles. The Kier molecular flexibility index (Phi) is 3.53. The van der Waals surface area contributed by atoms with Crippen LogP contribution in [0.5, 0.6) is 0 Å². The van der Waals surface area contributed by atoms with Crippen molar-refractivity contribution in [1.29, 1.82) is 0 Å². The Hall–Kier alpha value is -3.48. The topological polar surface area (TPSA) is 95.6 Å². The molecule has 124 valence electrons. The minimum atomic E-state index is -0.324. The number of nitrogens with zero attached hydrogens (tertiary/aromatic N) is 3. The number of aromatic amines is 1.